The summed E-state index contributed by atoms with van der Waals surface area (Å²) in [5.74, 6) is 0.242. The number of hydrogen-bond acceptors (Lipinski definition) is 2. The lowest BCUT2D eigenvalue weighted by Crippen LogP contribution is -2.13. The summed E-state index contributed by atoms with van der Waals surface area (Å²) >= 11 is 0. The fraction of sp³-hybridized carbons (Fsp3) is 0.286. The Morgan fingerprint density at radius 1 is 1.18 bits per heavy atom. The van der Waals surface area contributed by atoms with Gasteiger partial charge in [-0.05, 0) is 31.9 Å². The molecule has 0 saturated carbocycles. The van der Waals surface area contributed by atoms with Gasteiger partial charge in [-0.15, -0.1) is 0 Å². The van der Waals surface area contributed by atoms with Crippen LogP contribution in [0.5, 0.6) is 0 Å². The van der Waals surface area contributed by atoms with E-state index >= 15 is 0 Å². The monoisotopic (exact) mass is 226 g/mol. The van der Waals surface area contributed by atoms with E-state index in [1.54, 1.807) is 0 Å². The zero-order valence-electron chi connectivity index (χ0n) is 9.81. The van der Waals surface area contributed by atoms with Crippen LogP contribution in [0.4, 0.5) is 0 Å². The van der Waals surface area contributed by atoms with Crippen molar-refractivity contribution >= 4 is 5.78 Å². The zero-order valence-corrected chi connectivity index (χ0v) is 9.81. The molecule has 3 nitrogen and oxygen atoms in total. The first-order chi connectivity index (χ1) is 8.27. The number of aryl methyl sites for hydroxylation is 1. The molecule has 0 unspecified atom stereocenters. The average Bonchev–Trinajstić information content (AvgIpc) is 2.69. The Labute approximate surface area is 100 Å². The summed E-state index contributed by atoms with van der Waals surface area (Å²) in [4.78, 5) is 11.9. The van der Waals surface area contributed by atoms with Crippen molar-refractivity contribution in [3.8, 4) is 5.69 Å². The van der Waals surface area contributed by atoms with Gasteiger partial charge in [0.2, 0.25) is 0 Å². The Morgan fingerprint density at radius 3 is 2.71 bits per heavy atom. The van der Waals surface area contributed by atoms with E-state index in [1.807, 2.05) is 41.9 Å². The van der Waals surface area contributed by atoms with Gasteiger partial charge >= 0.3 is 0 Å². The van der Waals surface area contributed by atoms with E-state index in [9.17, 15) is 4.79 Å². The van der Waals surface area contributed by atoms with E-state index in [2.05, 4.69) is 5.10 Å². The lowest BCUT2D eigenvalue weighted by molar-refractivity contribution is 0.0971. The standard InChI is InChI=1S/C14H14N2O/c1-10-14-12(8-5-9-13(14)17)16(15-10)11-6-3-2-4-7-11/h2-4,6-7H,5,8-9H2,1H3. The summed E-state index contributed by atoms with van der Waals surface area (Å²) in [7, 11) is 0. The first kappa shape index (κ1) is 10.3. The molecule has 0 saturated heterocycles. The lowest BCUT2D eigenvalue weighted by atomic mass is 9.95. The highest BCUT2D eigenvalue weighted by Gasteiger charge is 2.25. The summed E-state index contributed by atoms with van der Waals surface area (Å²) < 4.78 is 1.92. The maximum Gasteiger partial charge on any atom is 0.166 e. The van der Waals surface area contributed by atoms with Gasteiger partial charge < -0.3 is 0 Å². The van der Waals surface area contributed by atoms with Crippen LogP contribution in [0.3, 0.4) is 0 Å². The smallest absolute Gasteiger partial charge is 0.166 e. The highest BCUT2D eigenvalue weighted by Crippen LogP contribution is 2.26. The average molecular weight is 226 g/mol. The molecule has 3 heteroatoms. The molecule has 0 bridgehead atoms. The Balaban J connectivity index is 2.20. The maximum absolute atomic E-state index is 11.9. The number of nitrogens with zero attached hydrogens (tertiary/aromatic N) is 2. The van der Waals surface area contributed by atoms with E-state index in [-0.39, 0.29) is 5.78 Å². The lowest BCUT2D eigenvalue weighted by Gasteiger charge is -2.13. The Hall–Kier alpha value is -1.90. The van der Waals surface area contributed by atoms with Gasteiger partial charge in [0.05, 0.1) is 22.6 Å². The van der Waals surface area contributed by atoms with Crippen LogP contribution in [-0.4, -0.2) is 15.6 Å². The molecule has 0 spiro atoms. The molecule has 0 fully saturated rings. The number of aromatic nitrogens is 2. The van der Waals surface area contributed by atoms with Crippen molar-refractivity contribution in [2.75, 3.05) is 0 Å². The molecule has 2 aromatic rings. The molecular formula is C14H14N2O. The van der Waals surface area contributed by atoms with Gasteiger partial charge in [-0.1, -0.05) is 18.2 Å². The van der Waals surface area contributed by atoms with Crippen molar-refractivity contribution < 1.29 is 4.79 Å². The van der Waals surface area contributed by atoms with E-state index in [1.165, 1.54) is 0 Å². The van der Waals surface area contributed by atoms with Crippen LogP contribution in [-0.2, 0) is 6.42 Å². The molecule has 0 radical (unpaired) electrons. The van der Waals surface area contributed by atoms with Gasteiger partial charge in [0.15, 0.2) is 5.78 Å². The summed E-state index contributed by atoms with van der Waals surface area (Å²) in [6.07, 6.45) is 2.54. The van der Waals surface area contributed by atoms with E-state index in [4.69, 9.17) is 0 Å². The van der Waals surface area contributed by atoms with Crippen LogP contribution >= 0.6 is 0 Å². The number of hydrogen-bond donors (Lipinski definition) is 0. The fourth-order valence-electron chi connectivity index (χ4n) is 2.49. The minimum absolute atomic E-state index is 0.242. The van der Waals surface area contributed by atoms with Gasteiger partial charge in [0.1, 0.15) is 0 Å². The van der Waals surface area contributed by atoms with Crippen LogP contribution in [0.15, 0.2) is 30.3 Å². The minimum Gasteiger partial charge on any atom is -0.294 e. The molecule has 0 aliphatic heterocycles. The molecule has 0 amide bonds. The second kappa shape index (κ2) is 3.84. The van der Waals surface area contributed by atoms with Crippen LogP contribution < -0.4 is 0 Å². The molecule has 0 atom stereocenters. The number of rotatable bonds is 1. The fourth-order valence-corrected chi connectivity index (χ4v) is 2.49. The minimum atomic E-state index is 0.242. The van der Waals surface area contributed by atoms with Crippen LogP contribution in [0.25, 0.3) is 5.69 Å². The van der Waals surface area contributed by atoms with Gasteiger partial charge in [0, 0.05) is 6.42 Å². The van der Waals surface area contributed by atoms with Crippen LogP contribution in [0.2, 0.25) is 0 Å². The largest absolute Gasteiger partial charge is 0.294 e. The number of benzene rings is 1. The first-order valence-corrected chi connectivity index (χ1v) is 5.94. The van der Waals surface area contributed by atoms with Crippen molar-refractivity contribution in [2.45, 2.75) is 26.2 Å². The molecule has 1 aromatic heterocycles. The van der Waals surface area contributed by atoms with Crippen LogP contribution in [0, 0.1) is 6.92 Å². The predicted octanol–water partition coefficient (Wildman–Crippen LogP) is 2.70. The van der Waals surface area contributed by atoms with E-state index in [0.29, 0.717) is 6.42 Å². The van der Waals surface area contributed by atoms with E-state index in [0.717, 1.165) is 35.5 Å². The van der Waals surface area contributed by atoms with Crippen molar-refractivity contribution in [3.05, 3.63) is 47.3 Å². The molecule has 1 aliphatic rings. The third-order valence-electron chi connectivity index (χ3n) is 3.25. The molecule has 3 rings (SSSR count). The van der Waals surface area contributed by atoms with Gasteiger partial charge in [-0.25, -0.2) is 4.68 Å². The van der Waals surface area contributed by atoms with Gasteiger partial charge in [0.25, 0.3) is 0 Å². The van der Waals surface area contributed by atoms with Crippen molar-refractivity contribution in [2.24, 2.45) is 0 Å². The third-order valence-corrected chi connectivity index (χ3v) is 3.25. The maximum atomic E-state index is 11.9. The van der Waals surface area contributed by atoms with Gasteiger partial charge in [-0.2, -0.15) is 5.10 Å². The Morgan fingerprint density at radius 2 is 1.94 bits per heavy atom. The molecule has 17 heavy (non-hydrogen) atoms. The van der Waals surface area contributed by atoms with Crippen molar-refractivity contribution in [3.63, 3.8) is 0 Å². The third kappa shape index (κ3) is 1.58. The van der Waals surface area contributed by atoms with Crippen molar-refractivity contribution in [1.29, 1.82) is 0 Å². The van der Waals surface area contributed by atoms with Gasteiger partial charge in [-0.3, -0.25) is 4.79 Å². The first-order valence-electron chi connectivity index (χ1n) is 5.94. The number of carbonyl (C=O) groups excluding carboxylic acids is 1. The topological polar surface area (TPSA) is 34.9 Å². The number of para-hydroxylation sites is 1. The molecule has 1 heterocycles. The summed E-state index contributed by atoms with van der Waals surface area (Å²) in [6.45, 7) is 1.92. The normalized spacial score (nSPS) is 14.8. The van der Waals surface area contributed by atoms with Crippen LogP contribution in [0.1, 0.15) is 34.6 Å². The number of ketones is 1. The number of Topliss-reactive ketones (excluding diaryl/α,β-unsaturated/α-hetero) is 1. The Bertz CT molecular complexity index is 569. The van der Waals surface area contributed by atoms with E-state index < -0.39 is 0 Å². The SMILES string of the molecule is Cc1nn(-c2ccccc2)c2c1C(=O)CCC2. The highest BCUT2D eigenvalue weighted by atomic mass is 16.1. The zero-order chi connectivity index (χ0) is 11.8. The summed E-state index contributed by atoms with van der Waals surface area (Å²) in [6, 6.07) is 10.0. The molecule has 0 N–H and O–H groups in total. The number of carbonyl (C=O) groups is 1. The quantitative estimate of drug-likeness (QED) is 0.749. The highest BCUT2D eigenvalue weighted by molar-refractivity contribution is 5.99. The molecular weight excluding hydrogens is 212 g/mol. The summed E-state index contributed by atoms with van der Waals surface area (Å²) in [5.41, 5.74) is 3.81. The predicted molar refractivity (Wildman–Crippen MR) is 65.6 cm³/mol. The van der Waals surface area contributed by atoms with Crippen molar-refractivity contribution in [1.82, 2.24) is 9.78 Å². The molecule has 86 valence electrons. The molecule has 1 aliphatic carbocycles. The second-order valence-corrected chi connectivity index (χ2v) is 4.43. The molecule has 1 aromatic carbocycles. The summed E-state index contributed by atoms with van der Waals surface area (Å²) in [5, 5.41) is 4.51. The number of fused-ring (bicyclic) bond motifs is 1. The Kier molecular flexibility index (Phi) is 2.32. The second-order valence-electron chi connectivity index (χ2n) is 4.43.